The lowest BCUT2D eigenvalue weighted by molar-refractivity contribution is 0.218. The highest BCUT2D eigenvalue weighted by Crippen LogP contribution is 2.24. The van der Waals surface area contributed by atoms with E-state index in [1.54, 1.807) is 11.3 Å². The minimum atomic E-state index is -0.570. The fourth-order valence-corrected chi connectivity index (χ4v) is 2.53. The van der Waals surface area contributed by atoms with E-state index in [0.717, 1.165) is 0 Å². The molecule has 1 atom stereocenters. The molecule has 0 amide bonds. The van der Waals surface area contributed by atoms with Gasteiger partial charge in [0, 0.05) is 10.9 Å². The molecule has 2 rings (SSSR count). The van der Waals surface area contributed by atoms with Crippen molar-refractivity contribution in [1.29, 1.82) is 0 Å². The topological polar surface area (TPSA) is 68.2 Å². The van der Waals surface area contributed by atoms with Gasteiger partial charge in [-0.2, -0.15) is 4.98 Å². The number of nitrogens with two attached hydrogens (primary N) is 1. The monoisotopic (exact) mass is 280 g/mol. The minimum absolute atomic E-state index is 0.321. The fraction of sp³-hybridized carbons (Fsp3) is 0.538. The predicted molar refractivity (Wildman–Crippen MR) is 75.7 cm³/mol. The van der Waals surface area contributed by atoms with Crippen LogP contribution in [-0.2, 0) is 12.1 Å². The van der Waals surface area contributed by atoms with E-state index in [4.69, 9.17) is 10.3 Å². The van der Waals surface area contributed by atoms with Crippen LogP contribution in [0.15, 0.2) is 22.0 Å². The van der Waals surface area contributed by atoms with Gasteiger partial charge in [-0.1, -0.05) is 11.2 Å². The summed E-state index contributed by atoms with van der Waals surface area (Å²) in [7, 11) is 2.04. The van der Waals surface area contributed by atoms with Crippen LogP contribution >= 0.6 is 11.3 Å². The van der Waals surface area contributed by atoms with Crippen molar-refractivity contribution < 1.29 is 4.52 Å². The van der Waals surface area contributed by atoms with Crippen LogP contribution in [0.25, 0.3) is 0 Å². The molecule has 5 nitrogen and oxygen atoms in total. The maximum absolute atomic E-state index is 5.94. The number of aromatic nitrogens is 2. The molecule has 0 radical (unpaired) electrons. The maximum Gasteiger partial charge on any atom is 0.240 e. The van der Waals surface area contributed by atoms with E-state index >= 15 is 0 Å². The van der Waals surface area contributed by atoms with Gasteiger partial charge in [0.25, 0.3) is 0 Å². The Bertz CT molecular complexity index is 515. The average molecular weight is 280 g/mol. The molecule has 6 heteroatoms. The Balaban J connectivity index is 2.03. The SMILES string of the molecule is CC(c1cccs1)N(C)Cc1nc(C(C)(C)N)no1. The summed E-state index contributed by atoms with van der Waals surface area (Å²) in [5.74, 6) is 1.14. The van der Waals surface area contributed by atoms with Gasteiger partial charge in [0.2, 0.25) is 5.89 Å². The van der Waals surface area contributed by atoms with E-state index in [9.17, 15) is 0 Å². The fourth-order valence-electron chi connectivity index (χ4n) is 1.68. The highest BCUT2D eigenvalue weighted by atomic mass is 32.1. The van der Waals surface area contributed by atoms with E-state index in [1.807, 2.05) is 20.9 Å². The van der Waals surface area contributed by atoms with E-state index in [2.05, 4.69) is 39.5 Å². The minimum Gasteiger partial charge on any atom is -0.338 e. The van der Waals surface area contributed by atoms with Gasteiger partial charge >= 0.3 is 0 Å². The van der Waals surface area contributed by atoms with Crippen molar-refractivity contribution >= 4 is 11.3 Å². The Hall–Kier alpha value is -1.24. The summed E-state index contributed by atoms with van der Waals surface area (Å²) in [6, 6.07) is 4.52. The first-order valence-electron chi connectivity index (χ1n) is 6.23. The van der Waals surface area contributed by atoms with Crippen LogP contribution in [0.2, 0.25) is 0 Å². The lowest BCUT2D eigenvalue weighted by Gasteiger charge is -2.21. The zero-order chi connectivity index (χ0) is 14.0. The normalized spacial score (nSPS) is 14.0. The third-order valence-electron chi connectivity index (χ3n) is 3.05. The summed E-state index contributed by atoms with van der Waals surface area (Å²) in [5, 5.41) is 6.01. The Morgan fingerprint density at radius 3 is 2.79 bits per heavy atom. The lowest BCUT2D eigenvalue weighted by Crippen LogP contribution is -2.30. The quantitative estimate of drug-likeness (QED) is 0.911. The van der Waals surface area contributed by atoms with Crippen LogP contribution < -0.4 is 5.73 Å². The first kappa shape index (κ1) is 14.2. The Labute approximate surface area is 117 Å². The number of nitrogens with zero attached hydrogens (tertiary/aromatic N) is 3. The molecule has 104 valence electrons. The second-order valence-electron chi connectivity index (χ2n) is 5.34. The van der Waals surface area contributed by atoms with Gasteiger partial charge in [0.1, 0.15) is 0 Å². The molecule has 0 bridgehead atoms. The first-order valence-corrected chi connectivity index (χ1v) is 7.11. The van der Waals surface area contributed by atoms with Crippen molar-refractivity contribution in [3.8, 4) is 0 Å². The molecule has 2 aromatic rings. The largest absolute Gasteiger partial charge is 0.338 e. The molecule has 19 heavy (non-hydrogen) atoms. The summed E-state index contributed by atoms with van der Waals surface area (Å²) in [5.41, 5.74) is 5.37. The Morgan fingerprint density at radius 1 is 1.53 bits per heavy atom. The van der Waals surface area contributed by atoms with Crippen LogP contribution in [0.4, 0.5) is 0 Å². The Kier molecular flexibility index (Phi) is 4.03. The smallest absolute Gasteiger partial charge is 0.240 e. The van der Waals surface area contributed by atoms with Gasteiger partial charge < -0.3 is 10.3 Å². The second kappa shape index (κ2) is 5.40. The summed E-state index contributed by atoms with van der Waals surface area (Å²) >= 11 is 1.75. The highest BCUT2D eigenvalue weighted by molar-refractivity contribution is 7.10. The third-order valence-corrected chi connectivity index (χ3v) is 4.09. The summed E-state index contributed by atoms with van der Waals surface area (Å²) in [4.78, 5) is 7.84. The van der Waals surface area contributed by atoms with Crippen LogP contribution in [-0.4, -0.2) is 22.1 Å². The van der Waals surface area contributed by atoms with Gasteiger partial charge in [0.05, 0.1) is 12.1 Å². The zero-order valence-corrected chi connectivity index (χ0v) is 12.6. The number of hydrogen-bond acceptors (Lipinski definition) is 6. The van der Waals surface area contributed by atoms with Crippen molar-refractivity contribution in [3.05, 3.63) is 34.1 Å². The molecule has 0 aliphatic carbocycles. The highest BCUT2D eigenvalue weighted by Gasteiger charge is 2.22. The molecule has 0 saturated heterocycles. The van der Waals surface area contributed by atoms with Crippen LogP contribution in [0, 0.1) is 0 Å². The number of rotatable bonds is 5. The molecule has 2 N–H and O–H groups in total. The van der Waals surface area contributed by atoms with E-state index in [-0.39, 0.29) is 0 Å². The van der Waals surface area contributed by atoms with Crippen molar-refractivity contribution in [2.75, 3.05) is 7.05 Å². The summed E-state index contributed by atoms with van der Waals surface area (Å²) < 4.78 is 5.25. The third kappa shape index (κ3) is 3.40. The summed E-state index contributed by atoms with van der Waals surface area (Å²) in [6.07, 6.45) is 0. The summed E-state index contributed by atoms with van der Waals surface area (Å²) in [6.45, 7) is 6.50. The molecular formula is C13H20N4OS. The van der Waals surface area contributed by atoms with Crippen LogP contribution in [0.5, 0.6) is 0 Å². The molecule has 0 aliphatic rings. The van der Waals surface area contributed by atoms with E-state index < -0.39 is 5.54 Å². The molecule has 0 saturated carbocycles. The molecule has 0 fully saturated rings. The molecule has 0 aliphatic heterocycles. The van der Waals surface area contributed by atoms with E-state index in [1.165, 1.54) is 4.88 Å². The van der Waals surface area contributed by atoms with Gasteiger partial charge in [0.15, 0.2) is 5.82 Å². The molecule has 2 aromatic heterocycles. The lowest BCUT2D eigenvalue weighted by atomic mass is 10.1. The van der Waals surface area contributed by atoms with Gasteiger partial charge in [-0.25, -0.2) is 0 Å². The van der Waals surface area contributed by atoms with Gasteiger partial charge in [-0.05, 0) is 39.3 Å². The molecule has 2 heterocycles. The molecular weight excluding hydrogens is 260 g/mol. The zero-order valence-electron chi connectivity index (χ0n) is 11.8. The van der Waals surface area contributed by atoms with Crippen molar-refractivity contribution in [3.63, 3.8) is 0 Å². The molecule has 0 spiro atoms. The predicted octanol–water partition coefficient (Wildman–Crippen LogP) is 2.52. The van der Waals surface area contributed by atoms with Crippen molar-refractivity contribution in [2.45, 2.75) is 38.9 Å². The van der Waals surface area contributed by atoms with E-state index in [0.29, 0.717) is 24.3 Å². The molecule has 1 unspecified atom stereocenters. The number of hydrogen-bond donors (Lipinski definition) is 1. The number of thiophene rings is 1. The Morgan fingerprint density at radius 2 is 2.26 bits per heavy atom. The standard InChI is InChI=1S/C13H20N4OS/c1-9(10-6-5-7-19-10)17(4)8-11-15-12(16-18-11)13(2,3)14/h5-7,9H,8,14H2,1-4H3. The first-order chi connectivity index (χ1) is 8.88. The maximum atomic E-state index is 5.94. The average Bonchev–Trinajstić information content (AvgIpc) is 2.97. The van der Waals surface area contributed by atoms with Crippen molar-refractivity contribution in [2.24, 2.45) is 5.73 Å². The second-order valence-corrected chi connectivity index (χ2v) is 6.32. The van der Waals surface area contributed by atoms with Crippen LogP contribution in [0.1, 0.15) is 43.4 Å². The van der Waals surface area contributed by atoms with Gasteiger partial charge in [-0.3, -0.25) is 4.90 Å². The van der Waals surface area contributed by atoms with Crippen molar-refractivity contribution in [1.82, 2.24) is 15.0 Å². The van der Waals surface area contributed by atoms with Gasteiger partial charge in [-0.15, -0.1) is 11.3 Å². The van der Waals surface area contributed by atoms with Crippen LogP contribution in [0.3, 0.4) is 0 Å². The molecule has 0 aromatic carbocycles.